The van der Waals surface area contributed by atoms with Gasteiger partial charge in [0.25, 0.3) is 0 Å². The van der Waals surface area contributed by atoms with Gasteiger partial charge in [0.15, 0.2) is 0 Å². The molecule has 0 atom stereocenters. The molecule has 0 fully saturated rings. The number of carbonyl (C=O) groups excluding carboxylic acids is 1. The second kappa shape index (κ2) is 10.7. The van der Waals surface area contributed by atoms with E-state index < -0.39 is 0 Å². The van der Waals surface area contributed by atoms with Crippen LogP contribution in [0.4, 0.5) is 0 Å². The van der Waals surface area contributed by atoms with Gasteiger partial charge in [0, 0.05) is 21.1 Å². The predicted molar refractivity (Wildman–Crippen MR) is 93.7 cm³/mol. The molecule has 0 amide bonds. The maximum atomic E-state index is 10.1. The summed E-state index contributed by atoms with van der Waals surface area (Å²) in [6.07, 6.45) is 3.84. The summed E-state index contributed by atoms with van der Waals surface area (Å²) in [6.45, 7) is 0.300. The highest BCUT2D eigenvalue weighted by atomic mass is 79.9. The van der Waals surface area contributed by atoms with E-state index in [1.54, 1.807) is 12.1 Å². The quantitative estimate of drug-likeness (QED) is 0.551. The SMILES string of the molecule is O=Cc1cccc(Br)c1.OCCCCc1cccc(Br)c1. The fourth-order valence-corrected chi connectivity index (χ4v) is 2.58. The fraction of sp³-hybridized carbons (Fsp3) is 0.235. The summed E-state index contributed by atoms with van der Waals surface area (Å²) in [4.78, 5) is 10.1. The standard InChI is InChI=1S/C10H13BrO.C7H5BrO/c11-10-6-3-5-9(8-10)4-1-2-7-12;8-7-3-1-2-6(4-7)5-9/h3,5-6,8,12H,1-2,4,7H2;1-5H. The van der Waals surface area contributed by atoms with Crippen LogP contribution in [-0.4, -0.2) is 18.0 Å². The maximum absolute atomic E-state index is 10.1. The normalized spacial score (nSPS) is 9.67. The molecule has 2 nitrogen and oxygen atoms in total. The topological polar surface area (TPSA) is 37.3 Å². The van der Waals surface area contributed by atoms with Crippen molar-refractivity contribution >= 4 is 38.1 Å². The predicted octanol–water partition coefficient (Wildman–Crippen LogP) is 5.03. The summed E-state index contributed by atoms with van der Waals surface area (Å²) < 4.78 is 2.07. The second-order valence-corrected chi connectivity index (χ2v) is 6.31. The Balaban J connectivity index is 0.000000219. The van der Waals surface area contributed by atoms with Crippen LogP contribution in [0, 0.1) is 0 Å². The van der Waals surface area contributed by atoms with Crippen molar-refractivity contribution in [3.05, 3.63) is 68.6 Å². The van der Waals surface area contributed by atoms with Crippen LogP contribution in [0.25, 0.3) is 0 Å². The van der Waals surface area contributed by atoms with Gasteiger partial charge in [-0.3, -0.25) is 4.79 Å². The van der Waals surface area contributed by atoms with Crippen molar-refractivity contribution in [3.63, 3.8) is 0 Å². The summed E-state index contributed by atoms with van der Waals surface area (Å²) in [7, 11) is 0. The molecule has 0 bridgehead atoms. The van der Waals surface area contributed by atoms with Gasteiger partial charge >= 0.3 is 0 Å². The fourth-order valence-electron chi connectivity index (χ4n) is 1.71. The van der Waals surface area contributed by atoms with Crippen LogP contribution < -0.4 is 0 Å². The van der Waals surface area contributed by atoms with Gasteiger partial charge in [-0.15, -0.1) is 0 Å². The number of aliphatic hydroxyl groups is 1. The first-order chi connectivity index (χ1) is 10.2. The number of benzene rings is 2. The monoisotopic (exact) mass is 412 g/mol. The van der Waals surface area contributed by atoms with Crippen LogP contribution in [-0.2, 0) is 6.42 Å². The van der Waals surface area contributed by atoms with Gasteiger partial charge < -0.3 is 5.11 Å². The molecule has 2 aromatic carbocycles. The summed E-state index contributed by atoms with van der Waals surface area (Å²) in [6, 6.07) is 15.5. The molecule has 0 unspecified atom stereocenters. The molecule has 2 aromatic rings. The lowest BCUT2D eigenvalue weighted by molar-refractivity contribution is 0.112. The highest BCUT2D eigenvalue weighted by Gasteiger charge is 1.93. The Kier molecular flexibility index (Phi) is 9.22. The number of aldehydes is 1. The molecule has 112 valence electrons. The molecule has 0 aromatic heterocycles. The number of hydrogen-bond acceptors (Lipinski definition) is 2. The van der Waals surface area contributed by atoms with Crippen LogP contribution in [0.15, 0.2) is 57.5 Å². The maximum Gasteiger partial charge on any atom is 0.150 e. The minimum atomic E-state index is 0.300. The van der Waals surface area contributed by atoms with Crippen LogP contribution >= 0.6 is 31.9 Å². The highest BCUT2D eigenvalue weighted by Crippen LogP contribution is 2.13. The summed E-state index contributed by atoms with van der Waals surface area (Å²) in [5.74, 6) is 0. The van der Waals surface area contributed by atoms with E-state index in [0.717, 1.165) is 34.5 Å². The van der Waals surface area contributed by atoms with Crippen molar-refractivity contribution in [2.45, 2.75) is 19.3 Å². The Morgan fingerprint density at radius 2 is 1.62 bits per heavy atom. The van der Waals surface area contributed by atoms with E-state index in [2.05, 4.69) is 44.0 Å². The van der Waals surface area contributed by atoms with Crippen molar-refractivity contribution in [3.8, 4) is 0 Å². The smallest absolute Gasteiger partial charge is 0.150 e. The zero-order valence-electron chi connectivity index (χ0n) is 11.6. The van der Waals surface area contributed by atoms with E-state index in [0.29, 0.717) is 12.2 Å². The third-order valence-electron chi connectivity index (χ3n) is 2.75. The molecule has 1 N–H and O–H groups in total. The van der Waals surface area contributed by atoms with Gasteiger partial charge in [0.1, 0.15) is 6.29 Å². The lowest BCUT2D eigenvalue weighted by Crippen LogP contribution is -1.88. The van der Waals surface area contributed by atoms with Crippen molar-refractivity contribution in [1.29, 1.82) is 0 Å². The zero-order valence-corrected chi connectivity index (χ0v) is 14.8. The van der Waals surface area contributed by atoms with E-state index in [4.69, 9.17) is 5.11 Å². The Labute approximate surface area is 142 Å². The molecule has 2 rings (SSSR count). The number of aliphatic hydroxyl groups excluding tert-OH is 1. The van der Waals surface area contributed by atoms with Crippen molar-refractivity contribution in [2.24, 2.45) is 0 Å². The molecule has 0 heterocycles. The van der Waals surface area contributed by atoms with Crippen molar-refractivity contribution in [1.82, 2.24) is 0 Å². The van der Waals surface area contributed by atoms with Crippen LogP contribution in [0.1, 0.15) is 28.8 Å². The molecule has 4 heteroatoms. The number of halogens is 2. The average molecular weight is 414 g/mol. The summed E-state index contributed by atoms with van der Waals surface area (Å²) in [5.41, 5.74) is 2.03. The molecule has 0 radical (unpaired) electrons. The van der Waals surface area contributed by atoms with Crippen LogP contribution in [0.5, 0.6) is 0 Å². The first-order valence-electron chi connectivity index (χ1n) is 6.71. The molecule has 0 aliphatic rings. The zero-order chi connectivity index (χ0) is 15.5. The largest absolute Gasteiger partial charge is 0.396 e. The molecular weight excluding hydrogens is 396 g/mol. The number of hydrogen-bond donors (Lipinski definition) is 1. The third-order valence-corrected chi connectivity index (χ3v) is 3.73. The van der Waals surface area contributed by atoms with E-state index >= 15 is 0 Å². The Morgan fingerprint density at radius 1 is 0.952 bits per heavy atom. The van der Waals surface area contributed by atoms with E-state index in [9.17, 15) is 4.79 Å². The van der Waals surface area contributed by atoms with Crippen LogP contribution in [0.2, 0.25) is 0 Å². The number of rotatable bonds is 5. The van der Waals surface area contributed by atoms with Crippen molar-refractivity contribution in [2.75, 3.05) is 6.61 Å². The minimum Gasteiger partial charge on any atom is -0.396 e. The molecule has 21 heavy (non-hydrogen) atoms. The lowest BCUT2D eigenvalue weighted by Gasteiger charge is -2.00. The van der Waals surface area contributed by atoms with E-state index in [1.807, 2.05) is 24.3 Å². The van der Waals surface area contributed by atoms with Gasteiger partial charge in [0.05, 0.1) is 0 Å². The lowest BCUT2D eigenvalue weighted by atomic mass is 10.1. The molecule has 0 aliphatic carbocycles. The second-order valence-electron chi connectivity index (χ2n) is 4.48. The third kappa shape index (κ3) is 8.15. The molecule has 0 spiro atoms. The number of unbranched alkanes of at least 4 members (excludes halogenated alkanes) is 1. The number of carbonyl (C=O) groups is 1. The first-order valence-corrected chi connectivity index (χ1v) is 8.30. The summed E-state index contributed by atoms with van der Waals surface area (Å²) in [5, 5.41) is 8.59. The van der Waals surface area contributed by atoms with Gasteiger partial charge in [-0.1, -0.05) is 56.1 Å². The minimum absolute atomic E-state index is 0.300. The van der Waals surface area contributed by atoms with E-state index in [1.165, 1.54) is 5.56 Å². The Hall–Kier alpha value is -0.970. The number of aryl methyl sites for hydroxylation is 1. The molecular formula is C17H18Br2O2. The Morgan fingerprint density at radius 3 is 2.14 bits per heavy atom. The highest BCUT2D eigenvalue weighted by molar-refractivity contribution is 9.10. The molecule has 0 aliphatic heterocycles. The van der Waals surface area contributed by atoms with Crippen LogP contribution in [0.3, 0.4) is 0 Å². The van der Waals surface area contributed by atoms with Gasteiger partial charge in [0.2, 0.25) is 0 Å². The summed E-state index contributed by atoms with van der Waals surface area (Å²) >= 11 is 6.67. The van der Waals surface area contributed by atoms with Crippen molar-refractivity contribution < 1.29 is 9.90 Å². The molecule has 0 saturated heterocycles. The van der Waals surface area contributed by atoms with Gasteiger partial charge in [-0.05, 0) is 49.1 Å². The van der Waals surface area contributed by atoms with Gasteiger partial charge in [-0.25, -0.2) is 0 Å². The first kappa shape index (κ1) is 18.1. The van der Waals surface area contributed by atoms with Gasteiger partial charge in [-0.2, -0.15) is 0 Å². The van der Waals surface area contributed by atoms with E-state index in [-0.39, 0.29) is 0 Å². The molecule has 0 saturated carbocycles. The Bertz CT molecular complexity index is 556. The average Bonchev–Trinajstić information content (AvgIpc) is 2.48.